The standard InChI is InChI=1S/C18H15FN4O2/c1-11-6-7-13(10-20-11)25-14-8-12(2)21-15(9-14)18(24)23-17-5-3-4-16(19)22-17/h3-10H,1-2H3,(H,22,23,24). The van der Waals surface area contributed by atoms with Gasteiger partial charge in [-0.1, -0.05) is 6.07 Å². The van der Waals surface area contributed by atoms with Crippen LogP contribution in [-0.2, 0) is 0 Å². The van der Waals surface area contributed by atoms with Gasteiger partial charge in [0.25, 0.3) is 5.91 Å². The number of aryl methyl sites for hydroxylation is 2. The number of halogens is 1. The van der Waals surface area contributed by atoms with Crippen molar-refractivity contribution < 1.29 is 13.9 Å². The summed E-state index contributed by atoms with van der Waals surface area (Å²) in [6, 6.07) is 11.0. The fourth-order valence-corrected chi connectivity index (χ4v) is 2.12. The van der Waals surface area contributed by atoms with Crippen molar-refractivity contribution in [2.24, 2.45) is 0 Å². The molecule has 1 amide bonds. The van der Waals surface area contributed by atoms with Crippen molar-refractivity contribution in [3.8, 4) is 11.5 Å². The van der Waals surface area contributed by atoms with Gasteiger partial charge in [-0.25, -0.2) is 9.97 Å². The summed E-state index contributed by atoms with van der Waals surface area (Å²) < 4.78 is 18.8. The van der Waals surface area contributed by atoms with Crippen molar-refractivity contribution in [3.05, 3.63) is 71.7 Å². The molecule has 3 aromatic rings. The maximum atomic E-state index is 13.1. The summed E-state index contributed by atoms with van der Waals surface area (Å²) in [5.41, 5.74) is 1.62. The Labute approximate surface area is 143 Å². The lowest BCUT2D eigenvalue weighted by Crippen LogP contribution is -2.15. The van der Waals surface area contributed by atoms with Gasteiger partial charge in [0.05, 0.1) is 6.20 Å². The number of ether oxygens (including phenoxy) is 1. The Bertz CT molecular complexity index is 913. The Hall–Kier alpha value is -3.35. The molecule has 3 aromatic heterocycles. The van der Waals surface area contributed by atoms with E-state index in [1.807, 2.05) is 13.0 Å². The number of pyridine rings is 3. The Morgan fingerprint density at radius 1 is 1.04 bits per heavy atom. The molecule has 0 aromatic carbocycles. The zero-order chi connectivity index (χ0) is 17.8. The molecular formula is C18H15FN4O2. The van der Waals surface area contributed by atoms with Gasteiger partial charge in [0.15, 0.2) is 0 Å². The highest BCUT2D eigenvalue weighted by molar-refractivity contribution is 6.02. The zero-order valence-corrected chi connectivity index (χ0v) is 13.7. The fraction of sp³-hybridized carbons (Fsp3) is 0.111. The molecule has 0 aliphatic heterocycles. The molecule has 1 N–H and O–H groups in total. The number of carbonyl (C=O) groups is 1. The molecule has 6 nitrogen and oxygen atoms in total. The van der Waals surface area contributed by atoms with Gasteiger partial charge < -0.3 is 10.1 Å². The van der Waals surface area contributed by atoms with E-state index in [1.165, 1.54) is 24.3 Å². The minimum absolute atomic E-state index is 0.110. The minimum atomic E-state index is -0.675. The Balaban J connectivity index is 1.80. The third-order valence-electron chi connectivity index (χ3n) is 3.24. The predicted octanol–water partition coefficient (Wildman–Crippen LogP) is 3.67. The van der Waals surface area contributed by atoms with Gasteiger partial charge in [-0.2, -0.15) is 4.39 Å². The maximum absolute atomic E-state index is 13.1. The summed E-state index contributed by atoms with van der Waals surface area (Å²) >= 11 is 0. The van der Waals surface area contributed by atoms with E-state index >= 15 is 0 Å². The highest BCUT2D eigenvalue weighted by Gasteiger charge is 2.12. The van der Waals surface area contributed by atoms with Crippen molar-refractivity contribution in [3.63, 3.8) is 0 Å². The van der Waals surface area contributed by atoms with Crippen molar-refractivity contribution in [2.75, 3.05) is 5.32 Å². The SMILES string of the molecule is Cc1ccc(Oc2cc(C)nc(C(=O)Nc3cccc(F)n3)c2)cn1. The fourth-order valence-electron chi connectivity index (χ4n) is 2.12. The van der Waals surface area contributed by atoms with E-state index in [-0.39, 0.29) is 11.5 Å². The van der Waals surface area contributed by atoms with E-state index in [9.17, 15) is 9.18 Å². The number of hydrogen-bond acceptors (Lipinski definition) is 5. The smallest absolute Gasteiger partial charge is 0.275 e. The van der Waals surface area contributed by atoms with Crippen molar-refractivity contribution in [1.82, 2.24) is 15.0 Å². The minimum Gasteiger partial charge on any atom is -0.456 e. The molecule has 0 spiro atoms. The number of amides is 1. The predicted molar refractivity (Wildman–Crippen MR) is 90.2 cm³/mol. The lowest BCUT2D eigenvalue weighted by molar-refractivity contribution is 0.102. The zero-order valence-electron chi connectivity index (χ0n) is 13.7. The summed E-state index contributed by atoms with van der Waals surface area (Å²) in [5.74, 6) is -0.0667. The quantitative estimate of drug-likeness (QED) is 0.735. The summed E-state index contributed by atoms with van der Waals surface area (Å²) in [6.07, 6.45) is 1.60. The molecule has 3 heterocycles. The van der Waals surface area contributed by atoms with Gasteiger partial charge in [-0.15, -0.1) is 0 Å². The lowest BCUT2D eigenvalue weighted by Gasteiger charge is -2.09. The Kier molecular flexibility index (Phi) is 4.65. The van der Waals surface area contributed by atoms with Crippen LogP contribution in [0.4, 0.5) is 10.2 Å². The molecule has 0 saturated carbocycles. The van der Waals surface area contributed by atoms with Gasteiger partial charge in [0.2, 0.25) is 5.95 Å². The first-order valence-electron chi connectivity index (χ1n) is 7.53. The topological polar surface area (TPSA) is 77.0 Å². The van der Waals surface area contributed by atoms with E-state index in [4.69, 9.17) is 4.74 Å². The first-order valence-corrected chi connectivity index (χ1v) is 7.53. The van der Waals surface area contributed by atoms with Crippen LogP contribution < -0.4 is 10.1 Å². The molecule has 0 aliphatic carbocycles. The molecule has 0 fully saturated rings. The van der Waals surface area contributed by atoms with Gasteiger partial charge in [0, 0.05) is 23.5 Å². The van der Waals surface area contributed by atoms with Crippen molar-refractivity contribution in [2.45, 2.75) is 13.8 Å². The van der Waals surface area contributed by atoms with Crippen LogP contribution in [0.3, 0.4) is 0 Å². The number of hydrogen-bond donors (Lipinski definition) is 1. The van der Waals surface area contributed by atoms with E-state index in [0.29, 0.717) is 17.2 Å². The highest BCUT2D eigenvalue weighted by Crippen LogP contribution is 2.22. The van der Waals surface area contributed by atoms with Crippen molar-refractivity contribution >= 4 is 11.7 Å². The molecule has 0 bridgehead atoms. The highest BCUT2D eigenvalue weighted by atomic mass is 19.1. The lowest BCUT2D eigenvalue weighted by atomic mass is 10.2. The summed E-state index contributed by atoms with van der Waals surface area (Å²) in [7, 11) is 0. The van der Waals surface area contributed by atoms with Crippen LogP contribution in [0.15, 0.2) is 48.7 Å². The molecule has 0 unspecified atom stereocenters. The van der Waals surface area contributed by atoms with Crippen LogP contribution in [0.5, 0.6) is 11.5 Å². The van der Waals surface area contributed by atoms with Crippen LogP contribution in [0.2, 0.25) is 0 Å². The molecule has 25 heavy (non-hydrogen) atoms. The molecule has 0 atom stereocenters. The molecule has 7 heteroatoms. The van der Waals surface area contributed by atoms with E-state index < -0.39 is 11.9 Å². The van der Waals surface area contributed by atoms with Crippen LogP contribution in [0, 0.1) is 19.8 Å². The first-order chi connectivity index (χ1) is 12.0. The molecule has 3 rings (SSSR count). The number of anilines is 1. The van der Waals surface area contributed by atoms with Gasteiger partial charge in [-0.3, -0.25) is 9.78 Å². The second kappa shape index (κ2) is 7.04. The van der Waals surface area contributed by atoms with E-state index in [1.54, 1.807) is 25.3 Å². The summed E-state index contributed by atoms with van der Waals surface area (Å²) in [4.78, 5) is 24.3. The largest absolute Gasteiger partial charge is 0.456 e. The number of carbonyl (C=O) groups excluding carboxylic acids is 1. The van der Waals surface area contributed by atoms with Gasteiger partial charge in [-0.05, 0) is 38.1 Å². The Morgan fingerprint density at radius 2 is 1.88 bits per heavy atom. The molecule has 0 saturated heterocycles. The van der Waals surface area contributed by atoms with Crippen LogP contribution in [0.25, 0.3) is 0 Å². The molecule has 0 aliphatic rings. The molecule has 126 valence electrons. The van der Waals surface area contributed by atoms with E-state index in [0.717, 1.165) is 5.69 Å². The van der Waals surface area contributed by atoms with Gasteiger partial charge in [0.1, 0.15) is 23.0 Å². The van der Waals surface area contributed by atoms with Gasteiger partial charge >= 0.3 is 0 Å². The average Bonchev–Trinajstić information content (AvgIpc) is 2.56. The second-order valence-corrected chi connectivity index (χ2v) is 5.37. The summed E-state index contributed by atoms with van der Waals surface area (Å²) in [6.45, 7) is 3.63. The normalized spacial score (nSPS) is 10.4. The van der Waals surface area contributed by atoms with Crippen molar-refractivity contribution in [1.29, 1.82) is 0 Å². The first kappa shape index (κ1) is 16.5. The number of aromatic nitrogens is 3. The van der Waals surface area contributed by atoms with E-state index in [2.05, 4.69) is 20.3 Å². The number of rotatable bonds is 4. The second-order valence-electron chi connectivity index (χ2n) is 5.37. The Morgan fingerprint density at radius 3 is 2.60 bits per heavy atom. The third-order valence-corrected chi connectivity index (χ3v) is 3.24. The third kappa shape index (κ3) is 4.35. The maximum Gasteiger partial charge on any atom is 0.275 e. The monoisotopic (exact) mass is 338 g/mol. The summed E-state index contributed by atoms with van der Waals surface area (Å²) in [5, 5.41) is 2.50. The number of nitrogens with zero attached hydrogens (tertiary/aromatic N) is 3. The molecule has 0 radical (unpaired) electrons. The van der Waals surface area contributed by atoms with Crippen LogP contribution in [-0.4, -0.2) is 20.9 Å². The number of nitrogens with one attached hydrogen (secondary N) is 1. The van der Waals surface area contributed by atoms with Crippen LogP contribution >= 0.6 is 0 Å². The average molecular weight is 338 g/mol. The van der Waals surface area contributed by atoms with Crippen LogP contribution in [0.1, 0.15) is 21.9 Å². The molecular weight excluding hydrogens is 323 g/mol.